The maximum absolute atomic E-state index is 8.98. The van der Waals surface area contributed by atoms with Gasteiger partial charge in [-0.3, -0.25) is 0 Å². The summed E-state index contributed by atoms with van der Waals surface area (Å²) < 4.78 is 0.918. The number of anilines is 2. The van der Waals surface area contributed by atoms with Crippen LogP contribution in [-0.4, -0.2) is 0 Å². The van der Waals surface area contributed by atoms with Crippen molar-refractivity contribution < 1.29 is 0 Å². The molecule has 0 radical (unpaired) electrons. The molecule has 2 aromatic carbocycles. The van der Waals surface area contributed by atoms with Crippen LogP contribution in [0.4, 0.5) is 11.4 Å². The summed E-state index contributed by atoms with van der Waals surface area (Å²) in [5, 5.41) is 12.7. The van der Waals surface area contributed by atoms with Crippen LogP contribution in [0, 0.1) is 11.3 Å². The molecule has 0 saturated carbocycles. The molecule has 0 fully saturated rings. The van der Waals surface area contributed by atoms with E-state index in [0.717, 1.165) is 15.8 Å². The summed E-state index contributed by atoms with van der Waals surface area (Å²) >= 11 is 9.44. The third-order valence-electron chi connectivity index (χ3n) is 2.25. The van der Waals surface area contributed by atoms with Gasteiger partial charge in [-0.05, 0) is 30.3 Å². The fraction of sp³-hybridized carbons (Fsp3) is 0. The Bertz CT molecular complexity index is 590. The second-order valence-electron chi connectivity index (χ2n) is 3.41. The van der Waals surface area contributed by atoms with E-state index in [9.17, 15) is 0 Å². The largest absolute Gasteiger partial charge is 0.353 e. The van der Waals surface area contributed by atoms with E-state index in [1.807, 2.05) is 30.3 Å². The zero-order valence-corrected chi connectivity index (χ0v) is 11.1. The number of hydrogen-bond donors (Lipinski definition) is 1. The SMILES string of the molecule is N#Cc1ccccc1Nc1ccc(Br)cc1Cl. The first-order valence-electron chi connectivity index (χ1n) is 4.92. The number of hydrogen-bond acceptors (Lipinski definition) is 2. The fourth-order valence-electron chi connectivity index (χ4n) is 1.43. The van der Waals surface area contributed by atoms with E-state index in [1.54, 1.807) is 12.1 Å². The highest BCUT2D eigenvalue weighted by Crippen LogP contribution is 2.29. The first-order valence-corrected chi connectivity index (χ1v) is 6.09. The van der Waals surface area contributed by atoms with E-state index >= 15 is 0 Å². The molecule has 0 spiro atoms. The topological polar surface area (TPSA) is 35.8 Å². The minimum absolute atomic E-state index is 0.589. The van der Waals surface area contributed by atoms with Crippen molar-refractivity contribution in [1.29, 1.82) is 5.26 Å². The molecular formula is C13H8BrClN2. The summed E-state index contributed by atoms with van der Waals surface area (Å²) in [6.45, 7) is 0. The van der Waals surface area contributed by atoms with E-state index in [0.29, 0.717) is 10.6 Å². The minimum Gasteiger partial charge on any atom is -0.353 e. The summed E-state index contributed by atoms with van der Waals surface area (Å²) in [4.78, 5) is 0. The summed E-state index contributed by atoms with van der Waals surface area (Å²) in [6.07, 6.45) is 0. The van der Waals surface area contributed by atoms with Gasteiger partial charge in [0.25, 0.3) is 0 Å². The van der Waals surface area contributed by atoms with Gasteiger partial charge in [0.1, 0.15) is 6.07 Å². The first kappa shape index (κ1) is 12.0. The van der Waals surface area contributed by atoms with Crippen molar-refractivity contribution in [2.24, 2.45) is 0 Å². The van der Waals surface area contributed by atoms with E-state index in [1.165, 1.54) is 0 Å². The number of nitriles is 1. The zero-order chi connectivity index (χ0) is 12.3. The third kappa shape index (κ3) is 2.79. The summed E-state index contributed by atoms with van der Waals surface area (Å²) in [7, 11) is 0. The molecule has 2 rings (SSSR count). The highest BCUT2D eigenvalue weighted by atomic mass is 79.9. The quantitative estimate of drug-likeness (QED) is 0.871. The Morgan fingerprint density at radius 1 is 1.12 bits per heavy atom. The average Bonchev–Trinajstić information content (AvgIpc) is 2.33. The molecule has 0 aliphatic heterocycles. The summed E-state index contributed by atoms with van der Waals surface area (Å²) in [6, 6.07) is 15.0. The van der Waals surface area contributed by atoms with Gasteiger partial charge >= 0.3 is 0 Å². The highest BCUT2D eigenvalue weighted by molar-refractivity contribution is 9.10. The molecule has 0 unspecified atom stereocenters. The number of para-hydroxylation sites is 1. The number of benzene rings is 2. The van der Waals surface area contributed by atoms with Crippen molar-refractivity contribution in [2.45, 2.75) is 0 Å². The Labute approximate surface area is 113 Å². The van der Waals surface area contributed by atoms with Gasteiger partial charge in [-0.15, -0.1) is 0 Å². The molecule has 0 heterocycles. The maximum Gasteiger partial charge on any atom is 0.101 e. The van der Waals surface area contributed by atoms with Crippen LogP contribution in [-0.2, 0) is 0 Å². The lowest BCUT2D eigenvalue weighted by Crippen LogP contribution is -1.93. The van der Waals surface area contributed by atoms with Crippen LogP contribution < -0.4 is 5.32 Å². The van der Waals surface area contributed by atoms with Crippen LogP contribution in [0.2, 0.25) is 5.02 Å². The monoisotopic (exact) mass is 306 g/mol. The van der Waals surface area contributed by atoms with Crippen LogP contribution in [0.3, 0.4) is 0 Å². The lowest BCUT2D eigenvalue weighted by molar-refractivity contribution is 1.46. The summed E-state index contributed by atoms with van der Waals surface area (Å²) in [5.74, 6) is 0. The predicted molar refractivity (Wildman–Crippen MR) is 73.6 cm³/mol. The molecular weight excluding hydrogens is 300 g/mol. The molecule has 84 valence electrons. The molecule has 1 N–H and O–H groups in total. The summed E-state index contributed by atoms with van der Waals surface area (Å²) in [5.41, 5.74) is 2.11. The molecule has 0 amide bonds. The molecule has 0 aromatic heterocycles. The molecule has 0 atom stereocenters. The van der Waals surface area contributed by atoms with Crippen molar-refractivity contribution in [2.75, 3.05) is 5.32 Å². The lowest BCUT2D eigenvalue weighted by atomic mass is 10.2. The van der Waals surface area contributed by atoms with Gasteiger partial charge in [-0.25, -0.2) is 0 Å². The van der Waals surface area contributed by atoms with Gasteiger partial charge in [0.15, 0.2) is 0 Å². The Balaban J connectivity index is 2.35. The van der Waals surface area contributed by atoms with E-state index in [-0.39, 0.29) is 0 Å². The fourth-order valence-corrected chi connectivity index (χ4v) is 2.15. The van der Waals surface area contributed by atoms with Crippen molar-refractivity contribution in [1.82, 2.24) is 0 Å². The van der Waals surface area contributed by atoms with Crippen molar-refractivity contribution >= 4 is 38.9 Å². The molecule has 2 nitrogen and oxygen atoms in total. The molecule has 0 aliphatic carbocycles. The number of rotatable bonds is 2. The van der Waals surface area contributed by atoms with Gasteiger partial charge in [0, 0.05) is 4.47 Å². The zero-order valence-electron chi connectivity index (χ0n) is 8.74. The lowest BCUT2D eigenvalue weighted by Gasteiger charge is -2.09. The second kappa shape index (κ2) is 5.22. The van der Waals surface area contributed by atoms with Crippen molar-refractivity contribution in [3.8, 4) is 6.07 Å². The van der Waals surface area contributed by atoms with Crippen LogP contribution in [0.15, 0.2) is 46.9 Å². The van der Waals surface area contributed by atoms with Crippen LogP contribution in [0.25, 0.3) is 0 Å². The van der Waals surface area contributed by atoms with E-state index < -0.39 is 0 Å². The molecule has 17 heavy (non-hydrogen) atoms. The highest BCUT2D eigenvalue weighted by Gasteiger charge is 2.04. The Kier molecular flexibility index (Phi) is 3.68. The average molecular weight is 308 g/mol. The maximum atomic E-state index is 8.98. The van der Waals surface area contributed by atoms with Crippen LogP contribution >= 0.6 is 27.5 Å². The van der Waals surface area contributed by atoms with Crippen molar-refractivity contribution in [3.05, 3.63) is 57.5 Å². The molecule has 0 bridgehead atoms. The van der Waals surface area contributed by atoms with E-state index in [4.69, 9.17) is 16.9 Å². The van der Waals surface area contributed by atoms with Gasteiger partial charge in [-0.2, -0.15) is 5.26 Å². The van der Waals surface area contributed by atoms with E-state index in [2.05, 4.69) is 27.3 Å². The number of nitrogens with zero attached hydrogens (tertiary/aromatic N) is 1. The van der Waals surface area contributed by atoms with Gasteiger partial charge in [-0.1, -0.05) is 39.7 Å². The van der Waals surface area contributed by atoms with Gasteiger partial charge in [0.05, 0.1) is 22.0 Å². The van der Waals surface area contributed by atoms with Crippen LogP contribution in [0.5, 0.6) is 0 Å². The molecule has 4 heteroatoms. The number of halogens is 2. The minimum atomic E-state index is 0.589. The Morgan fingerprint density at radius 2 is 1.88 bits per heavy atom. The Hall–Kier alpha value is -1.50. The molecule has 0 saturated heterocycles. The first-order chi connectivity index (χ1) is 8.20. The number of nitrogens with one attached hydrogen (secondary N) is 1. The smallest absolute Gasteiger partial charge is 0.101 e. The normalized spacial score (nSPS) is 9.71. The second-order valence-corrected chi connectivity index (χ2v) is 4.73. The molecule has 0 aliphatic rings. The van der Waals surface area contributed by atoms with Gasteiger partial charge < -0.3 is 5.32 Å². The Morgan fingerprint density at radius 3 is 2.59 bits per heavy atom. The predicted octanol–water partition coefficient (Wildman–Crippen LogP) is 4.72. The third-order valence-corrected chi connectivity index (χ3v) is 3.05. The standard InChI is InChI=1S/C13H8BrClN2/c14-10-5-6-13(11(15)7-10)17-12-4-2-1-3-9(12)8-16/h1-7,17H. The molecule has 2 aromatic rings. The van der Waals surface area contributed by atoms with Gasteiger partial charge in [0.2, 0.25) is 0 Å². The van der Waals surface area contributed by atoms with Crippen molar-refractivity contribution in [3.63, 3.8) is 0 Å². The van der Waals surface area contributed by atoms with Crippen LogP contribution in [0.1, 0.15) is 5.56 Å².